The largest absolute Gasteiger partial charge is 0.371 e. The highest BCUT2D eigenvalue weighted by Gasteiger charge is 2.21. The summed E-state index contributed by atoms with van der Waals surface area (Å²) in [5, 5.41) is 2.78. The van der Waals surface area contributed by atoms with Gasteiger partial charge in [-0.3, -0.25) is 9.69 Å². The first kappa shape index (κ1) is 16.6. The molecule has 1 aliphatic rings. The van der Waals surface area contributed by atoms with Gasteiger partial charge in [-0.1, -0.05) is 42.5 Å². The van der Waals surface area contributed by atoms with Crippen LogP contribution in [0.25, 0.3) is 0 Å². The third-order valence-electron chi connectivity index (χ3n) is 4.15. The Morgan fingerprint density at radius 2 is 1.92 bits per heavy atom. The van der Waals surface area contributed by atoms with Gasteiger partial charge in [0.15, 0.2) is 0 Å². The molecule has 0 aromatic heterocycles. The van der Waals surface area contributed by atoms with Gasteiger partial charge in [-0.05, 0) is 17.7 Å². The van der Waals surface area contributed by atoms with E-state index in [1.54, 1.807) is 12.1 Å². The maximum atomic E-state index is 13.6. The summed E-state index contributed by atoms with van der Waals surface area (Å²) in [6.45, 7) is 3.49. The summed E-state index contributed by atoms with van der Waals surface area (Å²) in [5.74, 6) is -0.869. The highest BCUT2D eigenvalue weighted by Crippen LogP contribution is 2.21. The summed E-state index contributed by atoms with van der Waals surface area (Å²) in [6.07, 6.45) is 0.0576. The molecule has 126 valence electrons. The van der Waals surface area contributed by atoms with Crippen molar-refractivity contribution in [3.63, 3.8) is 0 Å². The first-order valence-electron chi connectivity index (χ1n) is 8.15. The maximum absolute atomic E-state index is 13.6. The Morgan fingerprint density at radius 3 is 2.71 bits per heavy atom. The molecule has 2 aromatic rings. The molecule has 24 heavy (non-hydrogen) atoms. The second-order valence-corrected chi connectivity index (χ2v) is 5.81. The Morgan fingerprint density at radius 1 is 1.17 bits per heavy atom. The Bertz CT molecular complexity index is 678. The molecule has 1 atom stereocenters. The zero-order valence-corrected chi connectivity index (χ0v) is 13.5. The van der Waals surface area contributed by atoms with Gasteiger partial charge in [0.2, 0.25) is 0 Å². The van der Waals surface area contributed by atoms with Gasteiger partial charge in [-0.15, -0.1) is 0 Å². The molecule has 3 rings (SSSR count). The summed E-state index contributed by atoms with van der Waals surface area (Å²) in [5.41, 5.74) is 1.25. The summed E-state index contributed by atoms with van der Waals surface area (Å²) in [6, 6.07) is 16.1. The van der Waals surface area contributed by atoms with Crippen molar-refractivity contribution in [2.24, 2.45) is 0 Å². The van der Waals surface area contributed by atoms with Crippen molar-refractivity contribution in [1.29, 1.82) is 0 Å². The SMILES string of the molecule is O=C(NCCN1CCOC(c2ccccc2)C1)c1ccccc1F. The first-order valence-corrected chi connectivity index (χ1v) is 8.15. The Kier molecular flexibility index (Phi) is 5.56. The minimum absolute atomic E-state index is 0.0576. The lowest BCUT2D eigenvalue weighted by Gasteiger charge is -2.33. The lowest BCUT2D eigenvalue weighted by molar-refractivity contribution is -0.0293. The van der Waals surface area contributed by atoms with Crippen LogP contribution in [0.5, 0.6) is 0 Å². The molecule has 1 amide bonds. The molecule has 0 bridgehead atoms. The van der Waals surface area contributed by atoms with Crippen molar-refractivity contribution in [1.82, 2.24) is 10.2 Å². The second kappa shape index (κ2) is 8.04. The average Bonchev–Trinajstić information content (AvgIpc) is 2.63. The van der Waals surface area contributed by atoms with Crippen molar-refractivity contribution < 1.29 is 13.9 Å². The summed E-state index contributed by atoms with van der Waals surface area (Å²) in [7, 11) is 0. The number of amides is 1. The van der Waals surface area contributed by atoms with Crippen LogP contribution in [0.4, 0.5) is 4.39 Å². The number of hydrogen-bond acceptors (Lipinski definition) is 3. The fourth-order valence-corrected chi connectivity index (χ4v) is 2.84. The fraction of sp³-hybridized carbons (Fsp3) is 0.316. The van der Waals surface area contributed by atoms with Gasteiger partial charge in [0.1, 0.15) is 5.82 Å². The van der Waals surface area contributed by atoms with E-state index < -0.39 is 5.82 Å². The van der Waals surface area contributed by atoms with Crippen LogP contribution in [-0.2, 0) is 4.74 Å². The highest BCUT2D eigenvalue weighted by atomic mass is 19.1. The van der Waals surface area contributed by atoms with Gasteiger partial charge in [0.25, 0.3) is 5.91 Å². The van der Waals surface area contributed by atoms with Gasteiger partial charge in [0.05, 0.1) is 18.3 Å². The fourth-order valence-electron chi connectivity index (χ4n) is 2.84. The molecule has 1 aliphatic heterocycles. The van der Waals surface area contributed by atoms with E-state index >= 15 is 0 Å². The number of morpholine rings is 1. The smallest absolute Gasteiger partial charge is 0.254 e. The lowest BCUT2D eigenvalue weighted by atomic mass is 10.1. The molecular formula is C19H21FN2O2. The topological polar surface area (TPSA) is 41.6 Å². The Balaban J connectivity index is 1.48. The zero-order valence-electron chi connectivity index (χ0n) is 13.5. The van der Waals surface area contributed by atoms with Crippen molar-refractivity contribution in [2.75, 3.05) is 32.8 Å². The molecule has 5 heteroatoms. The van der Waals surface area contributed by atoms with E-state index in [4.69, 9.17) is 4.74 Å². The number of halogens is 1. The van der Waals surface area contributed by atoms with E-state index in [2.05, 4.69) is 22.3 Å². The van der Waals surface area contributed by atoms with Gasteiger partial charge in [-0.25, -0.2) is 4.39 Å². The number of benzene rings is 2. The van der Waals surface area contributed by atoms with E-state index in [0.29, 0.717) is 19.7 Å². The molecule has 1 unspecified atom stereocenters. The molecule has 1 N–H and O–H groups in total. The van der Waals surface area contributed by atoms with Gasteiger partial charge >= 0.3 is 0 Å². The number of carbonyl (C=O) groups excluding carboxylic acids is 1. The van der Waals surface area contributed by atoms with Gasteiger partial charge in [0, 0.05) is 26.2 Å². The van der Waals surface area contributed by atoms with Crippen molar-refractivity contribution in [2.45, 2.75) is 6.10 Å². The van der Waals surface area contributed by atoms with Crippen LogP contribution in [0.1, 0.15) is 22.0 Å². The van der Waals surface area contributed by atoms with Crippen LogP contribution in [0.3, 0.4) is 0 Å². The Labute approximate surface area is 141 Å². The summed E-state index contributed by atoms with van der Waals surface area (Å²) < 4.78 is 19.4. The van der Waals surface area contributed by atoms with Crippen LogP contribution in [0, 0.1) is 5.82 Å². The molecular weight excluding hydrogens is 307 g/mol. The van der Waals surface area contributed by atoms with E-state index in [1.807, 2.05) is 18.2 Å². The average molecular weight is 328 g/mol. The van der Waals surface area contributed by atoms with E-state index in [9.17, 15) is 9.18 Å². The van der Waals surface area contributed by atoms with Crippen molar-refractivity contribution in [3.8, 4) is 0 Å². The normalized spacial score (nSPS) is 18.3. The minimum Gasteiger partial charge on any atom is -0.371 e. The number of carbonyl (C=O) groups is 1. The van der Waals surface area contributed by atoms with Crippen molar-refractivity contribution in [3.05, 3.63) is 71.5 Å². The second-order valence-electron chi connectivity index (χ2n) is 5.81. The predicted octanol–water partition coefficient (Wildman–Crippen LogP) is 2.63. The van der Waals surface area contributed by atoms with E-state index in [0.717, 1.165) is 18.7 Å². The predicted molar refractivity (Wildman–Crippen MR) is 90.3 cm³/mol. The molecule has 4 nitrogen and oxygen atoms in total. The Hall–Kier alpha value is -2.24. The van der Waals surface area contributed by atoms with Crippen LogP contribution >= 0.6 is 0 Å². The molecule has 1 saturated heterocycles. The highest BCUT2D eigenvalue weighted by molar-refractivity contribution is 5.94. The van der Waals surface area contributed by atoms with Crippen LogP contribution in [0.15, 0.2) is 54.6 Å². The van der Waals surface area contributed by atoms with E-state index in [-0.39, 0.29) is 17.6 Å². The molecule has 1 fully saturated rings. The first-order chi connectivity index (χ1) is 11.7. The molecule has 0 radical (unpaired) electrons. The maximum Gasteiger partial charge on any atom is 0.254 e. The lowest BCUT2D eigenvalue weighted by Crippen LogP contribution is -2.42. The standard InChI is InChI=1S/C19H21FN2O2/c20-17-9-5-4-8-16(17)19(23)21-10-11-22-12-13-24-18(14-22)15-6-2-1-3-7-15/h1-9,18H,10-14H2,(H,21,23). The molecule has 2 aromatic carbocycles. The quantitative estimate of drug-likeness (QED) is 0.917. The zero-order chi connectivity index (χ0) is 16.8. The summed E-state index contributed by atoms with van der Waals surface area (Å²) >= 11 is 0. The minimum atomic E-state index is -0.495. The molecule has 0 spiro atoms. The number of rotatable bonds is 5. The molecule has 0 saturated carbocycles. The number of hydrogen-bond donors (Lipinski definition) is 1. The molecule has 1 heterocycles. The number of ether oxygens (including phenoxy) is 1. The monoisotopic (exact) mass is 328 g/mol. The van der Waals surface area contributed by atoms with Crippen LogP contribution in [-0.4, -0.2) is 43.6 Å². The number of nitrogens with one attached hydrogen (secondary N) is 1. The van der Waals surface area contributed by atoms with Crippen LogP contribution in [0.2, 0.25) is 0 Å². The molecule has 0 aliphatic carbocycles. The van der Waals surface area contributed by atoms with Gasteiger partial charge in [-0.2, -0.15) is 0 Å². The van der Waals surface area contributed by atoms with Crippen molar-refractivity contribution >= 4 is 5.91 Å². The van der Waals surface area contributed by atoms with E-state index in [1.165, 1.54) is 12.1 Å². The summed E-state index contributed by atoms with van der Waals surface area (Å²) in [4.78, 5) is 14.3. The third kappa shape index (κ3) is 4.19. The van der Waals surface area contributed by atoms with Crippen LogP contribution < -0.4 is 5.32 Å². The van der Waals surface area contributed by atoms with Gasteiger partial charge < -0.3 is 10.1 Å². The number of nitrogens with zero attached hydrogens (tertiary/aromatic N) is 1. The third-order valence-corrected chi connectivity index (χ3v) is 4.15.